The Labute approximate surface area is 145 Å². The van der Waals surface area contributed by atoms with Crippen molar-refractivity contribution in [2.45, 2.75) is 24.6 Å². The number of nitrogens with zero attached hydrogens (tertiary/aromatic N) is 1. The maximum Gasteiger partial charge on any atom is 0.317 e. The van der Waals surface area contributed by atoms with Crippen LogP contribution in [0.1, 0.15) is 18.4 Å². The molecular weight excluding hydrogens is 363 g/mol. The fourth-order valence-electron chi connectivity index (χ4n) is 2.56. The van der Waals surface area contributed by atoms with Gasteiger partial charge in [0.15, 0.2) is 0 Å². The van der Waals surface area contributed by atoms with Crippen molar-refractivity contribution in [2.75, 3.05) is 19.6 Å². The Balaban J connectivity index is 1.94. The molecule has 1 fully saturated rings. The molecule has 0 saturated carbocycles. The largest absolute Gasteiger partial charge is 0.480 e. The summed E-state index contributed by atoms with van der Waals surface area (Å²) in [5, 5.41) is 9.39. The number of carboxylic acid groups (broad SMARTS) is 1. The number of nitrogens with one attached hydrogen (secondary N) is 1. The van der Waals surface area contributed by atoms with E-state index in [4.69, 9.17) is 28.3 Å². The van der Waals surface area contributed by atoms with Gasteiger partial charge in [-0.15, -0.1) is 0 Å². The first kappa shape index (κ1) is 18.5. The molecule has 128 valence electrons. The van der Waals surface area contributed by atoms with Gasteiger partial charge in [-0.1, -0.05) is 29.3 Å². The Morgan fingerprint density at radius 1 is 1.26 bits per heavy atom. The number of likely N-dealkylation sites (tertiary alicyclic amines) is 1. The maximum atomic E-state index is 12.3. The predicted octanol–water partition coefficient (Wildman–Crippen LogP) is 1.96. The zero-order valence-corrected chi connectivity index (χ0v) is 14.7. The molecule has 0 atom stereocenters. The highest BCUT2D eigenvalue weighted by Gasteiger charge is 2.25. The Hall–Kier alpha value is -0.860. The zero-order valence-electron chi connectivity index (χ0n) is 12.3. The van der Waals surface area contributed by atoms with Gasteiger partial charge in [0.05, 0.1) is 12.3 Å². The summed E-state index contributed by atoms with van der Waals surface area (Å²) >= 11 is 12.0. The van der Waals surface area contributed by atoms with Crippen LogP contribution in [-0.2, 0) is 20.6 Å². The summed E-state index contributed by atoms with van der Waals surface area (Å²) in [7, 11) is -3.57. The number of rotatable bonds is 6. The van der Waals surface area contributed by atoms with Gasteiger partial charge in [0.25, 0.3) is 0 Å². The van der Waals surface area contributed by atoms with Crippen LogP contribution in [0.5, 0.6) is 0 Å². The molecule has 1 aliphatic rings. The first-order valence-corrected chi connectivity index (χ1v) is 9.55. The molecule has 1 aromatic rings. The van der Waals surface area contributed by atoms with Crippen LogP contribution in [-0.4, -0.2) is 50.1 Å². The Bertz CT molecular complexity index is 653. The zero-order chi connectivity index (χ0) is 17.0. The molecule has 0 spiro atoms. The first-order valence-electron chi connectivity index (χ1n) is 7.14. The number of carbonyl (C=O) groups is 1. The molecule has 9 heteroatoms. The van der Waals surface area contributed by atoms with E-state index in [-0.39, 0.29) is 18.3 Å². The van der Waals surface area contributed by atoms with Crippen LogP contribution in [0.25, 0.3) is 0 Å². The van der Waals surface area contributed by atoms with Crippen molar-refractivity contribution in [3.8, 4) is 0 Å². The number of hydrogen-bond donors (Lipinski definition) is 2. The van der Waals surface area contributed by atoms with Gasteiger partial charge in [-0.3, -0.25) is 9.69 Å². The smallest absolute Gasteiger partial charge is 0.317 e. The first-order chi connectivity index (χ1) is 10.8. The molecule has 2 N–H and O–H groups in total. The number of aliphatic carboxylic acids is 1. The van der Waals surface area contributed by atoms with Crippen LogP contribution >= 0.6 is 23.2 Å². The van der Waals surface area contributed by atoms with Crippen molar-refractivity contribution in [3.05, 3.63) is 33.8 Å². The second-order valence-electron chi connectivity index (χ2n) is 5.52. The standard InChI is InChI=1S/C14H18Cl2N2O4S/c15-12-2-1-3-13(16)11(12)9-23(21,22)17-10-4-6-18(7-5-10)8-14(19)20/h1-3,10,17H,4-9H2,(H,19,20). The van der Waals surface area contributed by atoms with Gasteiger partial charge in [-0.05, 0) is 25.0 Å². The highest BCUT2D eigenvalue weighted by molar-refractivity contribution is 7.88. The van der Waals surface area contributed by atoms with E-state index >= 15 is 0 Å². The lowest BCUT2D eigenvalue weighted by Crippen LogP contribution is -2.46. The summed E-state index contributed by atoms with van der Waals surface area (Å²) in [4.78, 5) is 12.5. The van der Waals surface area contributed by atoms with E-state index in [0.29, 0.717) is 41.5 Å². The highest BCUT2D eigenvalue weighted by atomic mass is 35.5. The molecule has 0 amide bonds. The van der Waals surface area contributed by atoms with Crippen molar-refractivity contribution in [1.29, 1.82) is 0 Å². The van der Waals surface area contributed by atoms with Crippen molar-refractivity contribution in [2.24, 2.45) is 0 Å². The number of halogens is 2. The molecule has 0 unspecified atom stereocenters. The Kier molecular flexibility index (Phi) is 6.27. The van der Waals surface area contributed by atoms with Crippen LogP contribution in [0.15, 0.2) is 18.2 Å². The van der Waals surface area contributed by atoms with E-state index < -0.39 is 16.0 Å². The summed E-state index contributed by atoms with van der Waals surface area (Å²) in [6.45, 7) is 1.08. The van der Waals surface area contributed by atoms with Gasteiger partial charge >= 0.3 is 5.97 Å². The number of carboxylic acids is 1. The molecule has 1 aromatic carbocycles. The second kappa shape index (κ2) is 7.81. The highest BCUT2D eigenvalue weighted by Crippen LogP contribution is 2.26. The number of hydrogen-bond acceptors (Lipinski definition) is 4. The van der Waals surface area contributed by atoms with Gasteiger partial charge in [-0.25, -0.2) is 13.1 Å². The number of sulfonamides is 1. The third kappa shape index (κ3) is 5.61. The number of benzene rings is 1. The van der Waals surface area contributed by atoms with E-state index in [9.17, 15) is 13.2 Å². The average Bonchev–Trinajstić information content (AvgIpc) is 2.44. The van der Waals surface area contributed by atoms with Crippen molar-refractivity contribution >= 4 is 39.2 Å². The minimum absolute atomic E-state index is 0.0191. The van der Waals surface area contributed by atoms with E-state index in [1.807, 2.05) is 0 Å². The second-order valence-corrected chi connectivity index (χ2v) is 8.09. The number of piperidine rings is 1. The van der Waals surface area contributed by atoms with Gasteiger partial charge < -0.3 is 5.11 Å². The summed E-state index contributed by atoms with van der Waals surface area (Å²) < 4.78 is 27.2. The summed E-state index contributed by atoms with van der Waals surface area (Å²) in [6.07, 6.45) is 1.14. The fraction of sp³-hybridized carbons (Fsp3) is 0.500. The lowest BCUT2D eigenvalue weighted by atomic mass is 10.1. The minimum atomic E-state index is -3.57. The van der Waals surface area contributed by atoms with E-state index in [0.717, 1.165) is 0 Å². The molecule has 1 saturated heterocycles. The van der Waals surface area contributed by atoms with Crippen LogP contribution in [0.3, 0.4) is 0 Å². The summed E-state index contributed by atoms with van der Waals surface area (Å²) in [6, 6.07) is 4.66. The normalized spacial score (nSPS) is 17.3. The molecule has 23 heavy (non-hydrogen) atoms. The van der Waals surface area contributed by atoms with Crippen LogP contribution in [0.2, 0.25) is 10.0 Å². The molecule has 6 nitrogen and oxygen atoms in total. The lowest BCUT2D eigenvalue weighted by molar-refractivity contribution is -0.138. The maximum absolute atomic E-state index is 12.3. The van der Waals surface area contributed by atoms with Gasteiger partial charge in [0.1, 0.15) is 0 Å². The molecule has 1 aliphatic heterocycles. The average molecular weight is 381 g/mol. The van der Waals surface area contributed by atoms with E-state index in [1.165, 1.54) is 0 Å². The molecule has 0 aliphatic carbocycles. The summed E-state index contributed by atoms with van der Waals surface area (Å²) in [5.41, 5.74) is 0.381. The van der Waals surface area contributed by atoms with Gasteiger partial charge in [0, 0.05) is 34.7 Å². The van der Waals surface area contributed by atoms with Crippen LogP contribution < -0.4 is 4.72 Å². The molecule has 0 aromatic heterocycles. The third-order valence-electron chi connectivity index (χ3n) is 3.69. The van der Waals surface area contributed by atoms with Gasteiger partial charge in [0.2, 0.25) is 10.0 Å². The summed E-state index contributed by atoms with van der Waals surface area (Å²) in [5.74, 6) is -1.15. The quantitative estimate of drug-likeness (QED) is 0.787. The van der Waals surface area contributed by atoms with E-state index in [2.05, 4.69) is 4.72 Å². The Morgan fingerprint density at radius 2 is 1.83 bits per heavy atom. The van der Waals surface area contributed by atoms with E-state index in [1.54, 1.807) is 23.1 Å². The van der Waals surface area contributed by atoms with Crippen molar-refractivity contribution in [1.82, 2.24) is 9.62 Å². The lowest BCUT2D eigenvalue weighted by Gasteiger charge is -2.31. The SMILES string of the molecule is O=C(O)CN1CCC(NS(=O)(=O)Cc2c(Cl)cccc2Cl)CC1. The molecule has 0 bridgehead atoms. The van der Waals surface area contributed by atoms with Crippen molar-refractivity contribution < 1.29 is 18.3 Å². The molecule has 1 heterocycles. The molecule has 0 radical (unpaired) electrons. The Morgan fingerprint density at radius 3 is 2.35 bits per heavy atom. The van der Waals surface area contributed by atoms with Gasteiger partial charge in [-0.2, -0.15) is 0 Å². The fourth-order valence-corrected chi connectivity index (χ4v) is 4.76. The van der Waals surface area contributed by atoms with Crippen LogP contribution in [0.4, 0.5) is 0 Å². The third-order valence-corrected chi connectivity index (χ3v) is 5.76. The minimum Gasteiger partial charge on any atom is -0.480 e. The monoisotopic (exact) mass is 380 g/mol. The van der Waals surface area contributed by atoms with Crippen molar-refractivity contribution in [3.63, 3.8) is 0 Å². The molecular formula is C14H18Cl2N2O4S. The topological polar surface area (TPSA) is 86.7 Å². The van der Waals surface area contributed by atoms with Crippen LogP contribution in [0, 0.1) is 0 Å². The predicted molar refractivity (Wildman–Crippen MR) is 89.3 cm³/mol. The molecule has 2 rings (SSSR count).